The van der Waals surface area contributed by atoms with E-state index in [0.29, 0.717) is 31.3 Å². The third-order valence-corrected chi connectivity index (χ3v) is 4.98. The minimum absolute atomic E-state index is 0.202. The molecule has 164 valence electrons. The van der Waals surface area contributed by atoms with Gasteiger partial charge in [-0.3, -0.25) is 14.6 Å². The van der Waals surface area contributed by atoms with Crippen molar-refractivity contribution in [3.63, 3.8) is 0 Å². The monoisotopic (exact) mass is 453 g/mol. The first-order valence-corrected chi connectivity index (χ1v) is 10.2. The average molecular weight is 453 g/mol. The first kappa shape index (κ1) is 22.6. The van der Waals surface area contributed by atoms with Gasteiger partial charge in [0.2, 0.25) is 5.88 Å². The Kier molecular flexibility index (Phi) is 7.98. The molecule has 4 aromatic rings. The molecule has 11 heteroatoms. The second-order valence-electron chi connectivity index (χ2n) is 6.15. The van der Waals surface area contributed by atoms with Gasteiger partial charge in [-0.2, -0.15) is 0 Å². The number of thiophene rings is 1. The standard InChI is InChI=1S/C20H17N5O3S.CH2O2/c21-18(26)16-5-4-14(10-23-16)27-7-2-8-28-19-17-15(13-3-1-6-22-9-13)11-29-20(17)25-12-24-19;2-1-3/h1,3-6,9-12H,2,7-8H2,(H2,21,26);1H,(H,2,3). The van der Waals surface area contributed by atoms with Crippen LogP contribution in [0.15, 0.2) is 54.6 Å². The van der Waals surface area contributed by atoms with Crippen LogP contribution in [0.1, 0.15) is 16.9 Å². The van der Waals surface area contributed by atoms with Crippen LogP contribution in [0.4, 0.5) is 0 Å². The Morgan fingerprint density at radius 3 is 2.62 bits per heavy atom. The molecular formula is C21H19N5O5S. The first-order valence-electron chi connectivity index (χ1n) is 9.36. The highest BCUT2D eigenvalue weighted by Crippen LogP contribution is 2.37. The second-order valence-corrected chi connectivity index (χ2v) is 7.01. The number of pyridine rings is 2. The molecule has 10 nitrogen and oxygen atoms in total. The summed E-state index contributed by atoms with van der Waals surface area (Å²) in [6.07, 6.45) is 7.17. The quantitative estimate of drug-likeness (QED) is 0.303. The van der Waals surface area contributed by atoms with Crippen molar-refractivity contribution in [3.05, 3.63) is 60.3 Å². The largest absolute Gasteiger partial charge is 0.492 e. The second kappa shape index (κ2) is 11.3. The van der Waals surface area contributed by atoms with E-state index in [1.54, 1.807) is 23.6 Å². The smallest absolute Gasteiger partial charge is 0.290 e. The Bertz CT molecular complexity index is 1170. The van der Waals surface area contributed by atoms with E-state index in [0.717, 1.165) is 21.3 Å². The van der Waals surface area contributed by atoms with Gasteiger partial charge < -0.3 is 20.3 Å². The van der Waals surface area contributed by atoms with Crippen LogP contribution >= 0.6 is 11.3 Å². The van der Waals surface area contributed by atoms with Crippen LogP contribution in [0.2, 0.25) is 0 Å². The summed E-state index contributed by atoms with van der Waals surface area (Å²) in [7, 11) is 0. The van der Waals surface area contributed by atoms with Gasteiger partial charge in [0.25, 0.3) is 12.4 Å². The number of carbonyl (C=O) groups is 2. The van der Waals surface area contributed by atoms with E-state index in [9.17, 15) is 4.79 Å². The van der Waals surface area contributed by atoms with Gasteiger partial charge in [0.05, 0.1) is 24.8 Å². The highest BCUT2D eigenvalue weighted by molar-refractivity contribution is 7.17. The minimum atomic E-state index is -0.569. The number of rotatable bonds is 8. The van der Waals surface area contributed by atoms with Crippen molar-refractivity contribution in [2.45, 2.75) is 6.42 Å². The molecule has 0 saturated carbocycles. The SMILES string of the molecule is NC(=O)c1ccc(OCCCOc2ncnc3scc(-c4cccnc4)c23)cn1.O=CO. The molecule has 3 N–H and O–H groups in total. The molecule has 0 radical (unpaired) electrons. The summed E-state index contributed by atoms with van der Waals surface area (Å²) in [6, 6.07) is 7.08. The number of nitrogens with zero attached hydrogens (tertiary/aromatic N) is 4. The zero-order chi connectivity index (χ0) is 22.8. The maximum Gasteiger partial charge on any atom is 0.290 e. The Hall–Kier alpha value is -4.12. The van der Waals surface area contributed by atoms with Crippen molar-refractivity contribution in [2.75, 3.05) is 13.2 Å². The number of fused-ring (bicyclic) bond motifs is 1. The van der Waals surface area contributed by atoms with Gasteiger partial charge in [-0.1, -0.05) is 6.07 Å². The van der Waals surface area contributed by atoms with Crippen molar-refractivity contribution in [1.82, 2.24) is 19.9 Å². The molecule has 4 rings (SSSR count). The number of carboxylic acid groups (broad SMARTS) is 1. The van der Waals surface area contributed by atoms with Gasteiger partial charge in [0.1, 0.15) is 22.6 Å². The Labute approximate surface area is 186 Å². The molecule has 1 amide bonds. The molecule has 4 aromatic heterocycles. The fraction of sp³-hybridized carbons (Fsp3) is 0.143. The van der Waals surface area contributed by atoms with Crippen molar-refractivity contribution in [2.24, 2.45) is 5.73 Å². The van der Waals surface area contributed by atoms with Crippen LogP contribution in [-0.2, 0) is 4.79 Å². The van der Waals surface area contributed by atoms with E-state index in [-0.39, 0.29) is 12.2 Å². The van der Waals surface area contributed by atoms with E-state index in [1.807, 2.05) is 23.7 Å². The zero-order valence-electron chi connectivity index (χ0n) is 16.7. The van der Waals surface area contributed by atoms with Gasteiger partial charge in [-0.15, -0.1) is 11.3 Å². The summed E-state index contributed by atoms with van der Waals surface area (Å²) < 4.78 is 11.5. The van der Waals surface area contributed by atoms with Crippen molar-refractivity contribution < 1.29 is 24.2 Å². The lowest BCUT2D eigenvalue weighted by molar-refractivity contribution is -0.122. The number of nitrogens with two attached hydrogens (primary N) is 1. The molecule has 0 aliphatic carbocycles. The molecule has 0 saturated heterocycles. The fourth-order valence-electron chi connectivity index (χ4n) is 2.72. The predicted molar refractivity (Wildman–Crippen MR) is 118 cm³/mol. The highest BCUT2D eigenvalue weighted by Gasteiger charge is 2.14. The molecular weight excluding hydrogens is 434 g/mol. The molecule has 0 bridgehead atoms. The molecule has 0 aromatic carbocycles. The topological polar surface area (TPSA) is 150 Å². The molecule has 0 aliphatic heterocycles. The molecule has 0 unspecified atom stereocenters. The average Bonchev–Trinajstić information content (AvgIpc) is 3.25. The molecule has 0 aliphatic rings. The van der Waals surface area contributed by atoms with Crippen LogP contribution in [0.5, 0.6) is 11.6 Å². The van der Waals surface area contributed by atoms with Gasteiger partial charge in [0, 0.05) is 35.3 Å². The van der Waals surface area contributed by atoms with Gasteiger partial charge in [-0.05, 0) is 18.2 Å². The maximum absolute atomic E-state index is 11.0. The third kappa shape index (κ3) is 5.73. The van der Waals surface area contributed by atoms with Crippen molar-refractivity contribution in [1.29, 1.82) is 0 Å². The lowest BCUT2D eigenvalue weighted by Gasteiger charge is -2.09. The number of amides is 1. The third-order valence-electron chi connectivity index (χ3n) is 4.09. The summed E-state index contributed by atoms with van der Waals surface area (Å²) in [5.74, 6) is 0.541. The van der Waals surface area contributed by atoms with Crippen LogP contribution in [-0.4, -0.2) is 50.6 Å². The fourth-order valence-corrected chi connectivity index (χ4v) is 3.63. The highest BCUT2D eigenvalue weighted by atomic mass is 32.1. The maximum atomic E-state index is 11.0. The Balaban J connectivity index is 0.000000913. The summed E-state index contributed by atoms with van der Waals surface area (Å²) >= 11 is 1.54. The van der Waals surface area contributed by atoms with E-state index in [2.05, 4.69) is 19.9 Å². The number of hydrogen-bond acceptors (Lipinski definition) is 9. The zero-order valence-corrected chi connectivity index (χ0v) is 17.6. The van der Waals surface area contributed by atoms with Crippen molar-refractivity contribution >= 4 is 33.9 Å². The van der Waals surface area contributed by atoms with Gasteiger partial charge >= 0.3 is 0 Å². The summed E-state index contributed by atoms with van der Waals surface area (Å²) in [6.45, 7) is 0.617. The Morgan fingerprint density at radius 1 is 1.12 bits per heavy atom. The van der Waals surface area contributed by atoms with Crippen LogP contribution in [0.25, 0.3) is 21.3 Å². The molecule has 0 fully saturated rings. The summed E-state index contributed by atoms with van der Waals surface area (Å²) in [5, 5.41) is 9.81. The number of aromatic nitrogens is 4. The lowest BCUT2D eigenvalue weighted by Crippen LogP contribution is -2.12. The number of carbonyl (C=O) groups excluding carboxylic acids is 1. The summed E-state index contributed by atoms with van der Waals surface area (Å²) in [4.78, 5) is 37.0. The Morgan fingerprint density at radius 2 is 1.94 bits per heavy atom. The van der Waals surface area contributed by atoms with Crippen LogP contribution < -0.4 is 15.2 Å². The van der Waals surface area contributed by atoms with Gasteiger partial charge in [-0.25, -0.2) is 15.0 Å². The number of ether oxygens (including phenoxy) is 2. The predicted octanol–water partition coefficient (Wildman–Crippen LogP) is 2.80. The lowest BCUT2D eigenvalue weighted by atomic mass is 10.1. The van der Waals surface area contributed by atoms with E-state index >= 15 is 0 Å². The first-order chi connectivity index (χ1) is 15.6. The molecule has 4 heterocycles. The minimum Gasteiger partial charge on any atom is -0.492 e. The molecule has 0 atom stereocenters. The van der Waals surface area contributed by atoms with E-state index < -0.39 is 5.91 Å². The van der Waals surface area contributed by atoms with Crippen LogP contribution in [0, 0.1) is 0 Å². The van der Waals surface area contributed by atoms with E-state index in [4.69, 9.17) is 25.1 Å². The van der Waals surface area contributed by atoms with E-state index in [1.165, 1.54) is 18.6 Å². The normalized spacial score (nSPS) is 10.1. The van der Waals surface area contributed by atoms with Gasteiger partial charge in [0.15, 0.2) is 0 Å². The molecule has 32 heavy (non-hydrogen) atoms. The number of hydrogen-bond donors (Lipinski definition) is 2. The van der Waals surface area contributed by atoms with Crippen LogP contribution in [0.3, 0.4) is 0 Å². The van der Waals surface area contributed by atoms with Crippen molar-refractivity contribution in [3.8, 4) is 22.8 Å². The molecule has 0 spiro atoms. The summed E-state index contributed by atoms with van der Waals surface area (Å²) in [5.41, 5.74) is 7.37. The number of primary amides is 1.